The normalized spacial score (nSPS) is 10.8. The predicted octanol–water partition coefficient (Wildman–Crippen LogP) is 4.60. The van der Waals surface area contributed by atoms with Crippen LogP contribution in [0.5, 0.6) is 5.75 Å². The van der Waals surface area contributed by atoms with Crippen LogP contribution >= 0.6 is 23.2 Å². The number of aromatic hydroxyl groups is 1. The minimum atomic E-state index is -0.245. The van der Waals surface area contributed by atoms with Crippen LogP contribution in [-0.4, -0.2) is 10.9 Å². The number of carbonyl (C=O) groups is 1. The van der Waals surface area contributed by atoms with Gasteiger partial charge in [0.05, 0.1) is 5.02 Å². The van der Waals surface area contributed by atoms with E-state index in [4.69, 9.17) is 23.2 Å². The van der Waals surface area contributed by atoms with E-state index in [0.717, 1.165) is 0 Å². The average molecular weight is 293 g/mol. The predicted molar refractivity (Wildman–Crippen MR) is 77.9 cm³/mol. The van der Waals surface area contributed by atoms with Crippen LogP contribution in [0, 0.1) is 0 Å². The van der Waals surface area contributed by atoms with Gasteiger partial charge in [-0.15, -0.1) is 0 Å². The lowest BCUT2D eigenvalue weighted by Gasteiger charge is -2.01. The number of benzene rings is 2. The fourth-order valence-electron chi connectivity index (χ4n) is 1.57. The molecular formula is C15H10Cl2O2. The second kappa shape index (κ2) is 5.91. The zero-order valence-corrected chi connectivity index (χ0v) is 11.3. The van der Waals surface area contributed by atoms with Gasteiger partial charge in [-0.2, -0.15) is 0 Å². The van der Waals surface area contributed by atoms with Crippen molar-refractivity contribution in [2.45, 2.75) is 0 Å². The Morgan fingerprint density at radius 2 is 1.84 bits per heavy atom. The first-order chi connectivity index (χ1) is 9.08. The summed E-state index contributed by atoms with van der Waals surface area (Å²) in [5.74, 6) is -0.126. The number of phenolic OH excluding ortho intramolecular Hbond substituents is 1. The van der Waals surface area contributed by atoms with Gasteiger partial charge in [-0.25, -0.2) is 0 Å². The smallest absolute Gasteiger partial charge is 0.187 e. The highest BCUT2D eigenvalue weighted by Gasteiger charge is 2.07. The summed E-state index contributed by atoms with van der Waals surface area (Å²) in [6.07, 6.45) is 2.91. The second-order valence-corrected chi connectivity index (χ2v) is 4.72. The fourth-order valence-corrected chi connectivity index (χ4v) is 2.07. The number of phenols is 1. The van der Waals surface area contributed by atoms with Crippen molar-refractivity contribution in [2.24, 2.45) is 0 Å². The fraction of sp³-hybridized carbons (Fsp3) is 0. The number of ketones is 1. The highest BCUT2D eigenvalue weighted by atomic mass is 35.5. The van der Waals surface area contributed by atoms with Crippen LogP contribution in [0.1, 0.15) is 15.9 Å². The number of hydrogen-bond donors (Lipinski definition) is 1. The Kier molecular flexibility index (Phi) is 4.25. The van der Waals surface area contributed by atoms with Gasteiger partial charge in [-0.05, 0) is 36.4 Å². The Labute approximate surface area is 120 Å². The topological polar surface area (TPSA) is 37.3 Å². The Morgan fingerprint density at radius 1 is 1.11 bits per heavy atom. The van der Waals surface area contributed by atoms with E-state index >= 15 is 0 Å². The first-order valence-electron chi connectivity index (χ1n) is 5.53. The monoisotopic (exact) mass is 292 g/mol. The Hall–Kier alpha value is -1.77. The largest absolute Gasteiger partial charge is 0.507 e. The molecule has 0 unspecified atom stereocenters. The molecule has 0 bridgehead atoms. The summed E-state index contributed by atoms with van der Waals surface area (Å²) in [5, 5.41) is 10.4. The molecule has 0 saturated heterocycles. The summed E-state index contributed by atoms with van der Waals surface area (Å²) >= 11 is 11.7. The zero-order chi connectivity index (χ0) is 13.8. The van der Waals surface area contributed by atoms with Gasteiger partial charge in [0.1, 0.15) is 5.75 Å². The average Bonchev–Trinajstić information content (AvgIpc) is 2.37. The molecule has 0 aromatic heterocycles. The van der Waals surface area contributed by atoms with Crippen molar-refractivity contribution in [1.82, 2.24) is 0 Å². The molecule has 0 aliphatic heterocycles. The van der Waals surface area contributed by atoms with Crippen LogP contribution in [0.3, 0.4) is 0 Å². The van der Waals surface area contributed by atoms with Crippen LogP contribution in [0.2, 0.25) is 10.0 Å². The summed E-state index contributed by atoms with van der Waals surface area (Å²) in [5.41, 5.74) is 0.943. The molecule has 0 spiro atoms. The first-order valence-corrected chi connectivity index (χ1v) is 6.29. The highest BCUT2D eigenvalue weighted by molar-refractivity contribution is 6.37. The van der Waals surface area contributed by atoms with Gasteiger partial charge in [0.2, 0.25) is 0 Å². The van der Waals surface area contributed by atoms with Crippen molar-refractivity contribution in [1.29, 1.82) is 0 Å². The standard InChI is InChI=1S/C15H10Cl2O2/c16-11-6-7-12(13(17)9-11)15(19)8-5-10-3-1-2-4-14(10)18/h1-9,18H. The molecular weight excluding hydrogens is 283 g/mol. The van der Waals surface area contributed by atoms with Crippen molar-refractivity contribution >= 4 is 35.1 Å². The maximum Gasteiger partial charge on any atom is 0.187 e. The van der Waals surface area contributed by atoms with E-state index in [1.54, 1.807) is 42.5 Å². The molecule has 2 rings (SSSR count). The Morgan fingerprint density at radius 3 is 2.53 bits per heavy atom. The van der Waals surface area contributed by atoms with Crippen LogP contribution in [-0.2, 0) is 0 Å². The van der Waals surface area contributed by atoms with Crippen molar-refractivity contribution in [3.05, 3.63) is 69.7 Å². The summed E-state index contributed by atoms with van der Waals surface area (Å²) in [4.78, 5) is 12.0. The molecule has 2 aromatic rings. The van der Waals surface area contributed by atoms with E-state index in [-0.39, 0.29) is 11.5 Å². The molecule has 0 saturated carbocycles. The molecule has 0 fully saturated rings. The highest BCUT2D eigenvalue weighted by Crippen LogP contribution is 2.22. The molecule has 0 radical (unpaired) electrons. The summed E-state index contributed by atoms with van der Waals surface area (Å²) in [6, 6.07) is 11.5. The van der Waals surface area contributed by atoms with Crippen LogP contribution in [0.15, 0.2) is 48.5 Å². The van der Waals surface area contributed by atoms with Crippen LogP contribution in [0.25, 0.3) is 6.08 Å². The van der Waals surface area contributed by atoms with Gasteiger partial charge in [0.15, 0.2) is 5.78 Å². The summed E-state index contributed by atoms with van der Waals surface area (Å²) < 4.78 is 0. The van der Waals surface area contributed by atoms with Crippen LogP contribution in [0.4, 0.5) is 0 Å². The van der Waals surface area contributed by atoms with Gasteiger partial charge < -0.3 is 5.11 Å². The third-order valence-corrected chi connectivity index (χ3v) is 3.10. The van der Waals surface area contributed by atoms with E-state index < -0.39 is 0 Å². The maximum atomic E-state index is 12.0. The molecule has 2 nitrogen and oxygen atoms in total. The lowest BCUT2D eigenvalue weighted by atomic mass is 10.1. The molecule has 19 heavy (non-hydrogen) atoms. The van der Waals surface area contributed by atoms with Gasteiger partial charge in [0, 0.05) is 16.1 Å². The molecule has 0 heterocycles. The molecule has 1 N–H and O–H groups in total. The quantitative estimate of drug-likeness (QED) is 0.663. The summed E-state index contributed by atoms with van der Waals surface area (Å²) in [6.45, 7) is 0. The van der Waals surface area contributed by atoms with E-state index in [1.807, 2.05) is 0 Å². The van der Waals surface area contributed by atoms with Crippen molar-refractivity contribution in [2.75, 3.05) is 0 Å². The van der Waals surface area contributed by atoms with Gasteiger partial charge in [-0.1, -0.05) is 41.4 Å². The Balaban J connectivity index is 2.24. The second-order valence-electron chi connectivity index (χ2n) is 3.88. The van der Waals surface area contributed by atoms with E-state index in [1.165, 1.54) is 12.1 Å². The van der Waals surface area contributed by atoms with Crippen molar-refractivity contribution in [3.8, 4) is 5.75 Å². The van der Waals surface area contributed by atoms with Crippen molar-refractivity contribution < 1.29 is 9.90 Å². The van der Waals surface area contributed by atoms with Gasteiger partial charge >= 0.3 is 0 Å². The van der Waals surface area contributed by atoms with Crippen molar-refractivity contribution in [3.63, 3.8) is 0 Å². The van der Waals surface area contributed by atoms with E-state index in [9.17, 15) is 9.90 Å². The number of para-hydroxylation sites is 1. The number of rotatable bonds is 3. The molecule has 0 aliphatic rings. The number of hydrogen-bond acceptors (Lipinski definition) is 2. The zero-order valence-electron chi connectivity index (χ0n) is 9.81. The molecule has 0 atom stereocenters. The van der Waals surface area contributed by atoms with Gasteiger partial charge in [-0.3, -0.25) is 4.79 Å². The van der Waals surface area contributed by atoms with E-state index in [0.29, 0.717) is 21.2 Å². The van der Waals surface area contributed by atoms with Gasteiger partial charge in [0.25, 0.3) is 0 Å². The molecule has 96 valence electrons. The van der Waals surface area contributed by atoms with Crippen LogP contribution < -0.4 is 0 Å². The lowest BCUT2D eigenvalue weighted by Crippen LogP contribution is -1.95. The maximum absolute atomic E-state index is 12.0. The number of halogens is 2. The van der Waals surface area contributed by atoms with E-state index in [2.05, 4.69) is 0 Å². The SMILES string of the molecule is O=C(C=Cc1ccccc1O)c1ccc(Cl)cc1Cl. The molecule has 4 heteroatoms. The molecule has 0 aliphatic carbocycles. The third kappa shape index (κ3) is 3.37. The summed E-state index contributed by atoms with van der Waals surface area (Å²) in [7, 11) is 0. The molecule has 0 amide bonds. The Bertz CT molecular complexity index is 648. The first kappa shape index (κ1) is 13.7. The lowest BCUT2D eigenvalue weighted by molar-refractivity contribution is 0.104. The third-order valence-electron chi connectivity index (χ3n) is 2.55. The minimum Gasteiger partial charge on any atom is -0.507 e. The number of carbonyl (C=O) groups excluding carboxylic acids is 1. The molecule has 2 aromatic carbocycles. The number of allylic oxidation sites excluding steroid dienone is 1. The minimum absolute atomic E-state index is 0.119.